The van der Waals surface area contributed by atoms with Gasteiger partial charge in [0, 0.05) is 5.39 Å². The molecular formula is C19H15N3O4. The number of aldehydes is 1. The summed E-state index contributed by atoms with van der Waals surface area (Å²) in [5.41, 5.74) is 1.16. The molecule has 130 valence electrons. The molecule has 3 aromatic rings. The van der Waals surface area contributed by atoms with Crippen LogP contribution in [-0.2, 0) is 16.1 Å². The summed E-state index contributed by atoms with van der Waals surface area (Å²) in [4.78, 5) is 35.4. The van der Waals surface area contributed by atoms with Gasteiger partial charge >= 0.3 is 6.09 Å². The molecule has 26 heavy (non-hydrogen) atoms. The standard InChI is InChI=1S/C19H15N3O4/c1-13(11-23)20-18(24)17-15-9-5-6-10-16(15)22(21-17)19(25)26-12-14-7-3-2-4-8-14/h2-11H,1,12H2,(H,20,24). The highest BCUT2D eigenvalue weighted by molar-refractivity contribution is 6.08. The van der Waals surface area contributed by atoms with E-state index in [9.17, 15) is 14.4 Å². The second kappa shape index (κ2) is 7.43. The van der Waals surface area contributed by atoms with Crippen molar-refractivity contribution in [1.29, 1.82) is 0 Å². The predicted molar refractivity (Wildman–Crippen MR) is 94.4 cm³/mol. The van der Waals surface area contributed by atoms with Crippen LogP contribution in [0, 0.1) is 0 Å². The highest BCUT2D eigenvalue weighted by Crippen LogP contribution is 2.19. The first-order valence-electron chi connectivity index (χ1n) is 7.74. The maximum Gasteiger partial charge on any atom is 0.435 e. The second-order valence-corrected chi connectivity index (χ2v) is 5.41. The van der Waals surface area contributed by atoms with E-state index in [0.29, 0.717) is 17.2 Å². The number of carbonyl (C=O) groups excluding carboxylic acids is 3. The average Bonchev–Trinajstić information content (AvgIpc) is 3.06. The first-order valence-corrected chi connectivity index (χ1v) is 7.74. The zero-order valence-electron chi connectivity index (χ0n) is 13.7. The summed E-state index contributed by atoms with van der Waals surface area (Å²) in [6, 6.07) is 16.0. The number of nitrogens with zero attached hydrogens (tertiary/aromatic N) is 2. The van der Waals surface area contributed by atoms with Crippen molar-refractivity contribution < 1.29 is 19.1 Å². The molecule has 0 aliphatic rings. The van der Waals surface area contributed by atoms with Gasteiger partial charge in [0.15, 0.2) is 12.0 Å². The highest BCUT2D eigenvalue weighted by atomic mass is 16.6. The van der Waals surface area contributed by atoms with E-state index in [1.165, 1.54) is 0 Å². The van der Waals surface area contributed by atoms with Crippen LogP contribution < -0.4 is 5.32 Å². The van der Waals surface area contributed by atoms with E-state index < -0.39 is 12.0 Å². The summed E-state index contributed by atoms with van der Waals surface area (Å²) in [6.45, 7) is 3.48. The van der Waals surface area contributed by atoms with Gasteiger partial charge in [-0.05, 0) is 11.6 Å². The van der Waals surface area contributed by atoms with E-state index in [0.717, 1.165) is 10.2 Å². The average molecular weight is 349 g/mol. The normalized spacial score (nSPS) is 10.3. The molecule has 1 N–H and O–H groups in total. The van der Waals surface area contributed by atoms with E-state index in [4.69, 9.17) is 4.74 Å². The quantitative estimate of drug-likeness (QED) is 0.565. The Balaban J connectivity index is 1.88. The number of carbonyl (C=O) groups is 3. The molecule has 0 bridgehead atoms. The molecule has 7 heteroatoms. The number of para-hydroxylation sites is 1. The fourth-order valence-corrected chi connectivity index (χ4v) is 2.39. The van der Waals surface area contributed by atoms with Crippen molar-refractivity contribution in [3.63, 3.8) is 0 Å². The Morgan fingerprint density at radius 3 is 2.54 bits per heavy atom. The Labute approximate surface area is 148 Å². The number of amides is 1. The van der Waals surface area contributed by atoms with Crippen molar-refractivity contribution in [2.75, 3.05) is 0 Å². The minimum atomic E-state index is -0.710. The summed E-state index contributed by atoms with van der Waals surface area (Å²) in [7, 11) is 0. The maximum atomic E-state index is 12.4. The van der Waals surface area contributed by atoms with Gasteiger partial charge in [-0.3, -0.25) is 9.59 Å². The van der Waals surface area contributed by atoms with Crippen molar-refractivity contribution in [3.05, 3.63) is 78.1 Å². The van der Waals surface area contributed by atoms with E-state index in [1.54, 1.807) is 24.3 Å². The van der Waals surface area contributed by atoms with Crippen molar-refractivity contribution in [2.24, 2.45) is 0 Å². The van der Waals surface area contributed by atoms with Crippen molar-refractivity contribution in [1.82, 2.24) is 15.1 Å². The van der Waals surface area contributed by atoms with Crippen LogP contribution in [0.1, 0.15) is 16.1 Å². The lowest BCUT2D eigenvalue weighted by Crippen LogP contribution is -2.24. The number of rotatable bonds is 5. The molecule has 0 spiro atoms. The SMILES string of the molecule is C=C(C=O)NC(=O)c1nn(C(=O)OCc2ccccc2)c2ccccc12. The van der Waals surface area contributed by atoms with Gasteiger partial charge < -0.3 is 10.1 Å². The minimum absolute atomic E-state index is 0.000242. The van der Waals surface area contributed by atoms with Crippen molar-refractivity contribution >= 4 is 29.2 Å². The molecule has 0 unspecified atom stereocenters. The molecule has 0 atom stereocenters. The zero-order chi connectivity index (χ0) is 18.5. The Kier molecular flexibility index (Phi) is 4.89. The molecule has 1 amide bonds. The third-order valence-corrected chi connectivity index (χ3v) is 3.60. The highest BCUT2D eigenvalue weighted by Gasteiger charge is 2.21. The van der Waals surface area contributed by atoms with Gasteiger partial charge in [0.1, 0.15) is 6.61 Å². The number of aromatic nitrogens is 2. The van der Waals surface area contributed by atoms with Gasteiger partial charge in [-0.2, -0.15) is 9.78 Å². The molecule has 1 heterocycles. The molecule has 7 nitrogen and oxygen atoms in total. The van der Waals surface area contributed by atoms with Gasteiger partial charge in [-0.15, -0.1) is 0 Å². The number of fused-ring (bicyclic) bond motifs is 1. The number of hydrogen-bond acceptors (Lipinski definition) is 5. The van der Waals surface area contributed by atoms with Crippen LogP contribution in [0.15, 0.2) is 66.9 Å². The largest absolute Gasteiger partial charge is 0.443 e. The van der Waals surface area contributed by atoms with Gasteiger partial charge in [0.2, 0.25) is 0 Å². The fourth-order valence-electron chi connectivity index (χ4n) is 2.39. The maximum absolute atomic E-state index is 12.4. The monoisotopic (exact) mass is 349 g/mol. The van der Waals surface area contributed by atoms with Gasteiger partial charge in [-0.1, -0.05) is 55.1 Å². The summed E-state index contributed by atoms with van der Waals surface area (Å²) < 4.78 is 6.30. The zero-order valence-corrected chi connectivity index (χ0v) is 13.7. The number of benzene rings is 2. The molecular weight excluding hydrogens is 334 g/mol. The first kappa shape index (κ1) is 17.1. The van der Waals surface area contributed by atoms with Crippen LogP contribution in [-0.4, -0.2) is 28.1 Å². The molecule has 0 saturated heterocycles. The summed E-state index contributed by atoms with van der Waals surface area (Å²) in [5, 5.41) is 6.84. The topological polar surface area (TPSA) is 90.3 Å². The van der Waals surface area contributed by atoms with Crippen LogP contribution in [0.5, 0.6) is 0 Å². The Hall–Kier alpha value is -3.74. The van der Waals surface area contributed by atoms with Crippen LogP contribution >= 0.6 is 0 Å². The second-order valence-electron chi connectivity index (χ2n) is 5.41. The summed E-state index contributed by atoms with van der Waals surface area (Å²) in [6.07, 6.45) is -0.288. The number of allylic oxidation sites excluding steroid dienone is 1. The molecule has 3 rings (SSSR count). The number of nitrogens with one attached hydrogen (secondary N) is 1. The predicted octanol–water partition coefficient (Wildman–Crippen LogP) is 2.66. The summed E-state index contributed by atoms with van der Waals surface area (Å²) >= 11 is 0. The van der Waals surface area contributed by atoms with E-state index in [1.807, 2.05) is 30.3 Å². The molecule has 0 radical (unpaired) electrons. The van der Waals surface area contributed by atoms with Crippen LogP contribution in [0.3, 0.4) is 0 Å². The van der Waals surface area contributed by atoms with E-state index in [2.05, 4.69) is 17.0 Å². The Morgan fingerprint density at radius 1 is 1.12 bits per heavy atom. The summed E-state index contributed by atoms with van der Waals surface area (Å²) in [5.74, 6) is -0.632. The van der Waals surface area contributed by atoms with Gasteiger partial charge in [0.25, 0.3) is 5.91 Å². The molecule has 1 aromatic heterocycles. The van der Waals surface area contributed by atoms with Gasteiger partial charge in [-0.25, -0.2) is 4.79 Å². The molecule has 2 aromatic carbocycles. The Morgan fingerprint density at radius 2 is 1.81 bits per heavy atom. The van der Waals surface area contributed by atoms with Crippen molar-refractivity contribution in [2.45, 2.75) is 6.61 Å². The lowest BCUT2D eigenvalue weighted by molar-refractivity contribution is -0.105. The van der Waals surface area contributed by atoms with Crippen LogP contribution in [0.2, 0.25) is 0 Å². The molecule has 0 aliphatic heterocycles. The van der Waals surface area contributed by atoms with E-state index >= 15 is 0 Å². The minimum Gasteiger partial charge on any atom is -0.443 e. The van der Waals surface area contributed by atoms with Crippen LogP contribution in [0.4, 0.5) is 4.79 Å². The molecule has 0 aliphatic carbocycles. The number of ether oxygens (including phenoxy) is 1. The van der Waals surface area contributed by atoms with Crippen molar-refractivity contribution in [3.8, 4) is 0 Å². The smallest absolute Gasteiger partial charge is 0.435 e. The van der Waals surface area contributed by atoms with Gasteiger partial charge in [0.05, 0.1) is 11.2 Å². The first-order chi connectivity index (χ1) is 12.6. The lowest BCUT2D eigenvalue weighted by atomic mass is 10.2. The lowest BCUT2D eigenvalue weighted by Gasteiger charge is -2.05. The fraction of sp³-hybridized carbons (Fsp3) is 0.0526. The third-order valence-electron chi connectivity index (χ3n) is 3.60. The third kappa shape index (κ3) is 3.51. The Bertz CT molecular complexity index is 992. The molecule has 0 fully saturated rings. The van der Waals surface area contributed by atoms with E-state index in [-0.39, 0.29) is 18.0 Å². The number of hydrogen-bond donors (Lipinski definition) is 1. The van der Waals surface area contributed by atoms with Crippen LogP contribution in [0.25, 0.3) is 10.9 Å². The molecule has 0 saturated carbocycles.